The topological polar surface area (TPSA) is 50.8 Å². The Morgan fingerprint density at radius 2 is 2.00 bits per heavy atom. The summed E-state index contributed by atoms with van der Waals surface area (Å²) in [6, 6.07) is 5.39. The second-order valence-electron chi connectivity index (χ2n) is 3.98. The van der Waals surface area contributed by atoms with Crippen LogP contribution in [0.5, 0.6) is 5.88 Å². The molecule has 7 heteroatoms. The van der Waals surface area contributed by atoms with E-state index in [0.29, 0.717) is 10.7 Å². The van der Waals surface area contributed by atoms with Gasteiger partial charge in [-0.3, -0.25) is 0 Å². The largest absolute Gasteiger partial charge is 0.415 e. The van der Waals surface area contributed by atoms with Crippen LogP contribution in [0, 0.1) is 0 Å². The lowest BCUT2D eigenvalue weighted by Gasteiger charge is -2.06. The van der Waals surface area contributed by atoms with Crippen molar-refractivity contribution in [2.75, 3.05) is 0 Å². The van der Waals surface area contributed by atoms with Gasteiger partial charge in [0.05, 0.1) is 23.6 Å². The van der Waals surface area contributed by atoms with Gasteiger partial charge in [-0.2, -0.15) is 8.78 Å². The number of H-pyrrole nitrogens is 1. The molecule has 20 heavy (non-hydrogen) atoms. The van der Waals surface area contributed by atoms with E-state index in [0.717, 1.165) is 22.7 Å². The maximum absolute atomic E-state index is 12.0. The molecule has 4 nitrogen and oxygen atoms in total. The lowest BCUT2D eigenvalue weighted by molar-refractivity contribution is -0.0530. The molecule has 0 aliphatic carbocycles. The summed E-state index contributed by atoms with van der Waals surface area (Å²) < 4.78 is 28.3. The van der Waals surface area contributed by atoms with E-state index in [-0.39, 0.29) is 5.88 Å². The van der Waals surface area contributed by atoms with Crippen LogP contribution in [-0.2, 0) is 0 Å². The number of nitrogens with zero attached hydrogens (tertiary/aromatic N) is 2. The van der Waals surface area contributed by atoms with Gasteiger partial charge in [0.15, 0.2) is 0 Å². The minimum atomic E-state index is -2.92. The molecule has 102 valence electrons. The van der Waals surface area contributed by atoms with Gasteiger partial charge in [0.25, 0.3) is 0 Å². The van der Waals surface area contributed by atoms with E-state index in [1.165, 1.54) is 6.20 Å². The average molecular weight is 296 g/mol. The molecule has 0 unspecified atom stereocenters. The fourth-order valence-electron chi connectivity index (χ4n) is 1.94. The summed E-state index contributed by atoms with van der Waals surface area (Å²) in [5.41, 5.74) is 2.13. The molecule has 3 aromatic rings. The molecule has 2 aromatic heterocycles. The Hall–Kier alpha value is -2.21. The monoisotopic (exact) mass is 295 g/mol. The zero-order valence-electron chi connectivity index (χ0n) is 9.98. The number of rotatable bonds is 3. The van der Waals surface area contributed by atoms with E-state index in [2.05, 4.69) is 19.7 Å². The zero-order chi connectivity index (χ0) is 14.1. The third kappa shape index (κ3) is 2.30. The average Bonchev–Trinajstić information content (AvgIpc) is 2.90. The van der Waals surface area contributed by atoms with E-state index >= 15 is 0 Å². The smallest absolute Gasteiger partial charge is 0.388 e. The van der Waals surface area contributed by atoms with Crippen LogP contribution >= 0.6 is 11.6 Å². The second-order valence-corrected chi connectivity index (χ2v) is 4.39. The summed E-state index contributed by atoms with van der Waals surface area (Å²) in [4.78, 5) is 10.9. The molecule has 3 rings (SSSR count). The van der Waals surface area contributed by atoms with Crippen molar-refractivity contribution >= 4 is 22.5 Å². The Kier molecular flexibility index (Phi) is 3.23. The second kappa shape index (κ2) is 5.05. The minimum absolute atomic E-state index is 0.222. The van der Waals surface area contributed by atoms with Gasteiger partial charge in [-0.05, 0) is 18.2 Å². The molecule has 1 N–H and O–H groups in total. The van der Waals surface area contributed by atoms with E-state index in [4.69, 9.17) is 11.6 Å². The van der Waals surface area contributed by atoms with Gasteiger partial charge in [-0.1, -0.05) is 11.6 Å². The van der Waals surface area contributed by atoms with Crippen LogP contribution in [-0.4, -0.2) is 21.6 Å². The standard InChI is InChI=1S/C13H8ClF2N3O/c14-9-2-1-8(12-7(9)3-4-17-12)10-5-19-11(6-18-10)20-13(15)16/h1-6,13,17H. The van der Waals surface area contributed by atoms with E-state index in [9.17, 15) is 8.78 Å². The third-order valence-corrected chi connectivity index (χ3v) is 3.11. The first-order valence-corrected chi connectivity index (χ1v) is 6.06. The predicted molar refractivity (Wildman–Crippen MR) is 71.0 cm³/mol. The number of ether oxygens (including phenoxy) is 1. The van der Waals surface area contributed by atoms with Crippen molar-refractivity contribution in [1.29, 1.82) is 0 Å². The van der Waals surface area contributed by atoms with Crippen LogP contribution in [0.15, 0.2) is 36.8 Å². The molecular weight excluding hydrogens is 288 g/mol. The van der Waals surface area contributed by atoms with Crippen LogP contribution < -0.4 is 4.74 Å². The molecule has 0 saturated carbocycles. The van der Waals surface area contributed by atoms with Gasteiger partial charge in [-0.25, -0.2) is 9.97 Å². The first kappa shape index (κ1) is 12.8. The van der Waals surface area contributed by atoms with Gasteiger partial charge in [0.1, 0.15) is 0 Å². The fraction of sp³-hybridized carbons (Fsp3) is 0.0769. The number of hydrogen-bond acceptors (Lipinski definition) is 3. The van der Waals surface area contributed by atoms with Crippen molar-refractivity contribution in [1.82, 2.24) is 15.0 Å². The SMILES string of the molecule is FC(F)Oc1cnc(-c2ccc(Cl)c3cc[nH]c23)cn1. The Bertz CT molecular complexity index is 743. The summed E-state index contributed by atoms with van der Waals surface area (Å²) in [6.45, 7) is -2.92. The van der Waals surface area contributed by atoms with Gasteiger partial charge in [-0.15, -0.1) is 0 Å². The molecule has 0 fully saturated rings. The van der Waals surface area contributed by atoms with Crippen LogP contribution in [0.1, 0.15) is 0 Å². The van der Waals surface area contributed by atoms with Crippen molar-refractivity contribution in [2.45, 2.75) is 6.61 Å². The van der Waals surface area contributed by atoms with Gasteiger partial charge < -0.3 is 9.72 Å². The molecule has 0 spiro atoms. The van der Waals surface area contributed by atoms with Crippen LogP contribution in [0.2, 0.25) is 5.02 Å². The van der Waals surface area contributed by atoms with Gasteiger partial charge >= 0.3 is 6.61 Å². The van der Waals surface area contributed by atoms with Crippen molar-refractivity contribution < 1.29 is 13.5 Å². The molecule has 0 atom stereocenters. The zero-order valence-corrected chi connectivity index (χ0v) is 10.7. The quantitative estimate of drug-likeness (QED) is 0.798. The normalized spacial score (nSPS) is 11.2. The molecule has 0 amide bonds. The first-order chi connectivity index (χ1) is 9.65. The number of aromatic nitrogens is 3. The van der Waals surface area contributed by atoms with Gasteiger partial charge in [0, 0.05) is 22.2 Å². The highest BCUT2D eigenvalue weighted by atomic mass is 35.5. The first-order valence-electron chi connectivity index (χ1n) is 5.68. The lowest BCUT2D eigenvalue weighted by Crippen LogP contribution is -2.04. The number of aromatic amines is 1. The molecule has 2 heterocycles. The highest BCUT2D eigenvalue weighted by Gasteiger charge is 2.11. The summed E-state index contributed by atoms with van der Waals surface area (Å²) in [5, 5.41) is 1.48. The Balaban J connectivity index is 2.03. The molecule has 0 bridgehead atoms. The highest BCUT2D eigenvalue weighted by Crippen LogP contribution is 2.31. The molecule has 0 aliphatic rings. The van der Waals surface area contributed by atoms with Crippen molar-refractivity contribution in [3.8, 4) is 17.1 Å². The maximum Gasteiger partial charge on any atom is 0.388 e. The summed E-state index contributed by atoms with van der Waals surface area (Å²) in [5.74, 6) is -0.222. The lowest BCUT2D eigenvalue weighted by atomic mass is 10.1. The van der Waals surface area contributed by atoms with E-state index < -0.39 is 6.61 Å². The van der Waals surface area contributed by atoms with E-state index in [1.807, 2.05) is 6.07 Å². The van der Waals surface area contributed by atoms with Crippen molar-refractivity contribution in [3.05, 3.63) is 41.8 Å². The number of benzene rings is 1. The number of fused-ring (bicyclic) bond motifs is 1. The Morgan fingerprint density at radius 1 is 1.15 bits per heavy atom. The van der Waals surface area contributed by atoms with Crippen LogP contribution in [0.3, 0.4) is 0 Å². The maximum atomic E-state index is 12.0. The summed E-state index contributed by atoms with van der Waals surface area (Å²) in [7, 11) is 0. The van der Waals surface area contributed by atoms with Crippen LogP contribution in [0.25, 0.3) is 22.2 Å². The van der Waals surface area contributed by atoms with Crippen molar-refractivity contribution in [2.24, 2.45) is 0 Å². The summed E-state index contributed by atoms with van der Waals surface area (Å²) >= 11 is 6.08. The molecular formula is C13H8ClF2N3O. The van der Waals surface area contributed by atoms with Gasteiger partial charge in [0.2, 0.25) is 5.88 Å². The van der Waals surface area contributed by atoms with Crippen molar-refractivity contribution in [3.63, 3.8) is 0 Å². The highest BCUT2D eigenvalue weighted by molar-refractivity contribution is 6.35. The minimum Gasteiger partial charge on any atom is -0.415 e. The Labute approximate surface area is 117 Å². The molecule has 0 saturated heterocycles. The predicted octanol–water partition coefficient (Wildman–Crippen LogP) is 3.88. The fourth-order valence-corrected chi connectivity index (χ4v) is 2.16. The van der Waals surface area contributed by atoms with E-state index in [1.54, 1.807) is 18.3 Å². The third-order valence-electron chi connectivity index (χ3n) is 2.78. The molecule has 1 aromatic carbocycles. The molecule has 0 radical (unpaired) electrons. The summed E-state index contributed by atoms with van der Waals surface area (Å²) in [6.07, 6.45) is 4.30. The number of halogens is 3. The number of alkyl halides is 2. The Morgan fingerprint density at radius 3 is 2.70 bits per heavy atom. The molecule has 0 aliphatic heterocycles. The van der Waals surface area contributed by atoms with Crippen LogP contribution in [0.4, 0.5) is 8.78 Å². The number of hydrogen-bond donors (Lipinski definition) is 1. The number of nitrogens with one attached hydrogen (secondary N) is 1.